The van der Waals surface area contributed by atoms with E-state index < -0.39 is 0 Å². The third-order valence-corrected chi connectivity index (χ3v) is 2.36. The van der Waals surface area contributed by atoms with Crippen molar-refractivity contribution in [1.82, 2.24) is 0 Å². The number of hydrogen-bond donors (Lipinski definition) is 0. The van der Waals surface area contributed by atoms with Gasteiger partial charge in [-0.2, -0.15) is 0 Å². The summed E-state index contributed by atoms with van der Waals surface area (Å²) in [5, 5.41) is 10.6. The van der Waals surface area contributed by atoms with Gasteiger partial charge in [-0.25, -0.2) is 4.74 Å². The van der Waals surface area contributed by atoms with E-state index in [1.165, 1.54) is 0 Å². The Labute approximate surface area is 79.3 Å². The fourth-order valence-corrected chi connectivity index (χ4v) is 1.37. The molecule has 0 fully saturated rings. The third-order valence-electron chi connectivity index (χ3n) is 1.30. The molecule has 11 heavy (non-hydrogen) atoms. The highest BCUT2D eigenvalue weighted by molar-refractivity contribution is 14.1. The number of hydrogen-bond acceptors (Lipinski definition) is 1. The standard InChI is InChI=1S/C8H8INO/c1-10(11)6-7-4-2-3-5-8(7)9/h2-5H,1,6H2. The van der Waals surface area contributed by atoms with Crippen molar-refractivity contribution in [3.63, 3.8) is 0 Å². The Morgan fingerprint density at radius 3 is 2.64 bits per heavy atom. The molecule has 0 spiro atoms. The summed E-state index contributed by atoms with van der Waals surface area (Å²) >= 11 is 2.20. The van der Waals surface area contributed by atoms with Crippen LogP contribution in [0.5, 0.6) is 0 Å². The van der Waals surface area contributed by atoms with E-state index >= 15 is 0 Å². The maximum Gasteiger partial charge on any atom is 0.179 e. The second-order valence-electron chi connectivity index (χ2n) is 2.23. The molecule has 0 heterocycles. The van der Waals surface area contributed by atoms with Gasteiger partial charge in [0.1, 0.15) is 6.72 Å². The summed E-state index contributed by atoms with van der Waals surface area (Å²) in [6.07, 6.45) is 0. The Kier molecular flexibility index (Phi) is 2.87. The summed E-state index contributed by atoms with van der Waals surface area (Å²) in [5.41, 5.74) is 1.03. The van der Waals surface area contributed by atoms with Gasteiger partial charge in [0.15, 0.2) is 6.54 Å². The van der Waals surface area contributed by atoms with Crippen LogP contribution in [-0.2, 0) is 6.54 Å². The van der Waals surface area contributed by atoms with Crippen molar-refractivity contribution in [2.24, 2.45) is 0 Å². The van der Waals surface area contributed by atoms with Crippen LogP contribution < -0.4 is 0 Å². The largest absolute Gasteiger partial charge is 0.624 e. The van der Waals surface area contributed by atoms with Crippen LogP contribution in [0.15, 0.2) is 24.3 Å². The molecule has 58 valence electrons. The molecule has 1 aromatic rings. The van der Waals surface area contributed by atoms with Crippen molar-refractivity contribution < 1.29 is 4.74 Å². The van der Waals surface area contributed by atoms with Gasteiger partial charge < -0.3 is 5.21 Å². The first-order chi connectivity index (χ1) is 5.20. The fraction of sp³-hybridized carbons (Fsp3) is 0.125. The lowest BCUT2D eigenvalue weighted by Crippen LogP contribution is -2.00. The van der Waals surface area contributed by atoms with Crippen molar-refractivity contribution in [2.75, 3.05) is 0 Å². The van der Waals surface area contributed by atoms with Gasteiger partial charge in [-0.1, -0.05) is 18.2 Å². The van der Waals surface area contributed by atoms with Gasteiger partial charge in [-0.05, 0) is 28.7 Å². The van der Waals surface area contributed by atoms with E-state index in [2.05, 4.69) is 29.3 Å². The molecule has 0 saturated heterocycles. The zero-order chi connectivity index (χ0) is 8.27. The van der Waals surface area contributed by atoms with E-state index in [-0.39, 0.29) is 0 Å². The Morgan fingerprint density at radius 2 is 2.09 bits per heavy atom. The molecule has 2 nitrogen and oxygen atoms in total. The highest BCUT2D eigenvalue weighted by Crippen LogP contribution is 2.11. The number of benzene rings is 1. The van der Waals surface area contributed by atoms with E-state index in [1.807, 2.05) is 24.3 Å². The van der Waals surface area contributed by atoms with Crippen LogP contribution in [0.2, 0.25) is 0 Å². The molecule has 0 atom stereocenters. The van der Waals surface area contributed by atoms with Crippen molar-refractivity contribution in [1.29, 1.82) is 0 Å². The van der Waals surface area contributed by atoms with Crippen LogP contribution in [0.1, 0.15) is 5.56 Å². The maximum absolute atomic E-state index is 10.6. The minimum atomic E-state index is 0.360. The average Bonchev–Trinajstić information content (AvgIpc) is 1.93. The summed E-state index contributed by atoms with van der Waals surface area (Å²) in [6, 6.07) is 7.77. The minimum absolute atomic E-state index is 0.360. The predicted molar refractivity (Wildman–Crippen MR) is 53.6 cm³/mol. The van der Waals surface area contributed by atoms with Crippen molar-refractivity contribution in [3.05, 3.63) is 38.6 Å². The molecule has 1 rings (SSSR count). The Bertz CT molecular complexity index is 273. The highest BCUT2D eigenvalue weighted by atomic mass is 127. The van der Waals surface area contributed by atoms with Crippen LogP contribution in [0.4, 0.5) is 0 Å². The second kappa shape index (κ2) is 3.71. The molecule has 0 radical (unpaired) electrons. The van der Waals surface area contributed by atoms with Crippen molar-refractivity contribution in [3.8, 4) is 0 Å². The smallest absolute Gasteiger partial charge is 0.179 e. The molecule has 0 unspecified atom stereocenters. The van der Waals surface area contributed by atoms with Crippen LogP contribution in [0.3, 0.4) is 0 Å². The van der Waals surface area contributed by atoms with Crippen molar-refractivity contribution in [2.45, 2.75) is 6.54 Å². The first-order valence-corrected chi connectivity index (χ1v) is 4.26. The van der Waals surface area contributed by atoms with Gasteiger partial charge in [0.05, 0.1) is 0 Å². The van der Waals surface area contributed by atoms with E-state index in [1.54, 1.807) is 0 Å². The Hall–Kier alpha value is -0.580. The van der Waals surface area contributed by atoms with Gasteiger partial charge in [0, 0.05) is 9.13 Å². The van der Waals surface area contributed by atoms with Gasteiger partial charge >= 0.3 is 0 Å². The van der Waals surface area contributed by atoms with Crippen LogP contribution >= 0.6 is 22.6 Å². The lowest BCUT2D eigenvalue weighted by Gasteiger charge is -2.02. The minimum Gasteiger partial charge on any atom is -0.624 e. The van der Waals surface area contributed by atoms with Crippen LogP contribution in [-0.4, -0.2) is 11.5 Å². The molecule has 3 heteroatoms. The zero-order valence-electron chi connectivity index (χ0n) is 5.96. The summed E-state index contributed by atoms with van der Waals surface area (Å²) in [7, 11) is 0. The molecule has 0 bridgehead atoms. The molecule has 0 amide bonds. The van der Waals surface area contributed by atoms with E-state index in [9.17, 15) is 5.21 Å². The SMILES string of the molecule is C=[N+]([O-])Cc1ccccc1I. The highest BCUT2D eigenvalue weighted by Gasteiger charge is 1.99. The zero-order valence-corrected chi connectivity index (χ0v) is 8.11. The summed E-state index contributed by atoms with van der Waals surface area (Å²) in [5.74, 6) is 0. The number of hydroxylamine groups is 1. The first-order valence-electron chi connectivity index (χ1n) is 3.18. The molecule has 0 N–H and O–H groups in total. The van der Waals surface area contributed by atoms with Crippen molar-refractivity contribution >= 4 is 29.3 Å². The Balaban J connectivity index is 2.86. The number of rotatable bonds is 2. The normalized spacial score (nSPS) is 9.55. The van der Waals surface area contributed by atoms with Crippen LogP contribution in [0, 0.1) is 8.78 Å². The second-order valence-corrected chi connectivity index (χ2v) is 3.39. The number of halogens is 1. The summed E-state index contributed by atoms with van der Waals surface area (Å²) in [6.45, 7) is 3.61. The average molecular weight is 261 g/mol. The first kappa shape index (κ1) is 8.52. The summed E-state index contributed by atoms with van der Waals surface area (Å²) in [4.78, 5) is 0. The monoisotopic (exact) mass is 261 g/mol. The molecule has 0 aromatic heterocycles. The molecule has 0 aliphatic rings. The quantitative estimate of drug-likeness (QED) is 0.263. The molecular weight excluding hydrogens is 253 g/mol. The molecule has 0 aliphatic heterocycles. The van der Waals surface area contributed by atoms with Gasteiger partial charge in [0.25, 0.3) is 0 Å². The van der Waals surface area contributed by atoms with E-state index in [0.717, 1.165) is 9.13 Å². The maximum atomic E-state index is 10.6. The van der Waals surface area contributed by atoms with Crippen LogP contribution in [0.25, 0.3) is 0 Å². The lowest BCUT2D eigenvalue weighted by atomic mass is 10.2. The van der Waals surface area contributed by atoms with E-state index in [0.29, 0.717) is 11.3 Å². The summed E-state index contributed by atoms with van der Waals surface area (Å²) < 4.78 is 1.78. The fourth-order valence-electron chi connectivity index (χ4n) is 0.817. The molecule has 0 aliphatic carbocycles. The van der Waals surface area contributed by atoms with Gasteiger partial charge in [-0.3, -0.25) is 0 Å². The topological polar surface area (TPSA) is 26.1 Å². The molecular formula is C8H8INO. The molecule has 0 saturated carbocycles. The number of nitrogens with zero attached hydrogens (tertiary/aromatic N) is 1. The van der Waals surface area contributed by atoms with Gasteiger partial charge in [0.2, 0.25) is 0 Å². The van der Waals surface area contributed by atoms with Gasteiger partial charge in [-0.15, -0.1) is 0 Å². The third kappa shape index (κ3) is 2.49. The molecule has 1 aromatic carbocycles. The van der Waals surface area contributed by atoms with E-state index in [4.69, 9.17) is 0 Å². The predicted octanol–water partition coefficient (Wildman–Crippen LogP) is 2.00. The lowest BCUT2D eigenvalue weighted by molar-refractivity contribution is -0.465. The Morgan fingerprint density at radius 1 is 1.45 bits per heavy atom.